The molecule has 1 aliphatic carbocycles. The van der Waals surface area contributed by atoms with Crippen LogP contribution in [0.4, 0.5) is 0 Å². The summed E-state index contributed by atoms with van der Waals surface area (Å²) in [6.45, 7) is 4.29. The van der Waals surface area contributed by atoms with Gasteiger partial charge in [0.2, 0.25) is 5.91 Å². The Kier molecular flexibility index (Phi) is 2.09. The van der Waals surface area contributed by atoms with Gasteiger partial charge in [0.25, 0.3) is 0 Å². The van der Waals surface area contributed by atoms with Crippen molar-refractivity contribution in [3.8, 4) is 0 Å². The van der Waals surface area contributed by atoms with Crippen molar-refractivity contribution in [3.05, 3.63) is 23.7 Å². The second-order valence-corrected chi connectivity index (χ2v) is 5.23. The van der Waals surface area contributed by atoms with Gasteiger partial charge in [0, 0.05) is 24.3 Å². The van der Waals surface area contributed by atoms with Crippen molar-refractivity contribution >= 4 is 5.91 Å². The molecule has 3 heteroatoms. The minimum absolute atomic E-state index is 0.134. The van der Waals surface area contributed by atoms with Crippen molar-refractivity contribution < 1.29 is 9.21 Å². The van der Waals surface area contributed by atoms with E-state index in [1.807, 2.05) is 13.0 Å². The van der Waals surface area contributed by atoms with Crippen LogP contribution >= 0.6 is 0 Å². The minimum atomic E-state index is 0.134. The van der Waals surface area contributed by atoms with Crippen LogP contribution in [0.25, 0.3) is 0 Å². The van der Waals surface area contributed by atoms with Gasteiger partial charge < -0.3 is 9.73 Å². The Morgan fingerprint density at radius 3 is 2.38 bits per heavy atom. The number of hydrogen-bond acceptors (Lipinski definition) is 2. The summed E-state index contributed by atoms with van der Waals surface area (Å²) in [5.41, 5.74) is 0. The van der Waals surface area contributed by atoms with E-state index in [2.05, 4.69) is 18.3 Å². The zero-order valence-corrected chi connectivity index (χ0v) is 9.69. The predicted molar refractivity (Wildman–Crippen MR) is 60.2 cm³/mol. The summed E-state index contributed by atoms with van der Waals surface area (Å²) in [4.78, 5) is 11.3. The molecule has 4 unspecified atom stereocenters. The molecule has 0 spiro atoms. The van der Waals surface area contributed by atoms with E-state index < -0.39 is 0 Å². The van der Waals surface area contributed by atoms with Crippen LogP contribution in [0.2, 0.25) is 0 Å². The molecule has 2 aliphatic rings. The Morgan fingerprint density at radius 1 is 1.25 bits per heavy atom. The molecule has 3 nitrogen and oxygen atoms in total. The van der Waals surface area contributed by atoms with E-state index in [9.17, 15) is 4.79 Å². The molecule has 3 rings (SSSR count). The standard InChI is InChI=1S/C13H17NO2/c1-7-5-9(7)11-3-4-12(16-11)10-6-13(15)14-8(10)2/h3-4,7-10H,5-6H2,1-2H3,(H,14,15). The summed E-state index contributed by atoms with van der Waals surface area (Å²) in [5, 5.41) is 2.93. The van der Waals surface area contributed by atoms with E-state index in [1.165, 1.54) is 6.42 Å². The maximum atomic E-state index is 11.3. The molecule has 4 atom stereocenters. The fraction of sp³-hybridized carbons (Fsp3) is 0.615. The first-order valence-electron chi connectivity index (χ1n) is 6.04. The Hall–Kier alpha value is -1.25. The summed E-state index contributed by atoms with van der Waals surface area (Å²) < 4.78 is 5.89. The van der Waals surface area contributed by atoms with Crippen LogP contribution in [0.3, 0.4) is 0 Å². The SMILES string of the molecule is CC1CC1c1ccc(C2CC(=O)NC2C)o1. The highest BCUT2D eigenvalue weighted by atomic mass is 16.3. The second-order valence-electron chi connectivity index (χ2n) is 5.23. The Balaban J connectivity index is 1.79. The first-order chi connectivity index (χ1) is 7.65. The first kappa shape index (κ1) is 9.94. The van der Waals surface area contributed by atoms with Gasteiger partial charge in [-0.05, 0) is 31.4 Å². The normalized spacial score (nSPS) is 37.5. The lowest BCUT2D eigenvalue weighted by molar-refractivity contribution is -0.119. The summed E-state index contributed by atoms with van der Waals surface area (Å²) in [5.74, 6) is 3.81. The Morgan fingerprint density at radius 2 is 1.88 bits per heavy atom. The molecule has 1 amide bonds. The monoisotopic (exact) mass is 219 g/mol. The lowest BCUT2D eigenvalue weighted by atomic mass is 9.99. The molecule has 16 heavy (non-hydrogen) atoms. The summed E-state index contributed by atoms with van der Waals surface area (Å²) in [7, 11) is 0. The molecule has 1 N–H and O–H groups in total. The predicted octanol–water partition coefficient (Wildman–Crippen LogP) is 2.40. The average molecular weight is 219 g/mol. The van der Waals surface area contributed by atoms with E-state index >= 15 is 0 Å². The smallest absolute Gasteiger partial charge is 0.221 e. The van der Waals surface area contributed by atoms with Gasteiger partial charge in [-0.3, -0.25) is 4.79 Å². The third-order valence-corrected chi connectivity index (χ3v) is 3.89. The molecule has 0 bridgehead atoms. The summed E-state index contributed by atoms with van der Waals surface area (Å²) in [6.07, 6.45) is 1.80. The number of carbonyl (C=O) groups excluding carboxylic acids is 1. The Bertz CT molecular complexity index is 423. The molecule has 2 fully saturated rings. The Labute approximate surface area is 95.2 Å². The highest BCUT2D eigenvalue weighted by Gasteiger charge is 2.38. The van der Waals surface area contributed by atoms with Gasteiger partial charge in [-0.1, -0.05) is 6.92 Å². The molecule has 1 aromatic heterocycles. The van der Waals surface area contributed by atoms with Crippen molar-refractivity contribution in [3.63, 3.8) is 0 Å². The van der Waals surface area contributed by atoms with Gasteiger partial charge in [0.05, 0.1) is 0 Å². The number of nitrogens with one attached hydrogen (secondary N) is 1. The molecular formula is C13H17NO2. The maximum absolute atomic E-state index is 11.3. The lowest BCUT2D eigenvalue weighted by Gasteiger charge is -2.10. The van der Waals surface area contributed by atoms with E-state index in [0.717, 1.165) is 17.4 Å². The molecule has 86 valence electrons. The van der Waals surface area contributed by atoms with Crippen LogP contribution in [0, 0.1) is 5.92 Å². The molecule has 1 saturated heterocycles. The molecule has 0 radical (unpaired) electrons. The molecule has 2 heterocycles. The van der Waals surface area contributed by atoms with E-state index in [1.54, 1.807) is 0 Å². The average Bonchev–Trinajstić information content (AvgIpc) is 2.67. The largest absolute Gasteiger partial charge is 0.465 e. The highest BCUT2D eigenvalue weighted by molar-refractivity contribution is 5.80. The first-order valence-corrected chi connectivity index (χ1v) is 6.04. The molecule has 1 saturated carbocycles. The van der Waals surface area contributed by atoms with E-state index in [-0.39, 0.29) is 17.9 Å². The van der Waals surface area contributed by atoms with Crippen LogP contribution in [-0.2, 0) is 4.79 Å². The van der Waals surface area contributed by atoms with Crippen LogP contribution < -0.4 is 5.32 Å². The van der Waals surface area contributed by atoms with Gasteiger partial charge in [0.15, 0.2) is 0 Å². The van der Waals surface area contributed by atoms with Crippen molar-refractivity contribution in [2.24, 2.45) is 5.92 Å². The number of hydrogen-bond donors (Lipinski definition) is 1. The van der Waals surface area contributed by atoms with Crippen LogP contribution in [0.5, 0.6) is 0 Å². The zero-order valence-electron chi connectivity index (χ0n) is 9.69. The van der Waals surface area contributed by atoms with Crippen LogP contribution in [0.1, 0.15) is 50.0 Å². The quantitative estimate of drug-likeness (QED) is 0.829. The number of furan rings is 1. The molecular weight excluding hydrogens is 202 g/mol. The zero-order chi connectivity index (χ0) is 11.3. The highest BCUT2D eigenvalue weighted by Crippen LogP contribution is 2.48. The topological polar surface area (TPSA) is 42.2 Å². The third-order valence-electron chi connectivity index (χ3n) is 3.89. The number of rotatable bonds is 2. The fourth-order valence-corrected chi connectivity index (χ4v) is 2.62. The van der Waals surface area contributed by atoms with Crippen LogP contribution in [-0.4, -0.2) is 11.9 Å². The third kappa shape index (κ3) is 1.55. The number of amides is 1. The summed E-state index contributed by atoms with van der Waals surface area (Å²) in [6, 6.07) is 4.32. The van der Waals surface area contributed by atoms with Gasteiger partial charge in [-0.2, -0.15) is 0 Å². The van der Waals surface area contributed by atoms with Gasteiger partial charge in [0.1, 0.15) is 11.5 Å². The van der Waals surface area contributed by atoms with E-state index in [0.29, 0.717) is 12.3 Å². The van der Waals surface area contributed by atoms with Gasteiger partial charge >= 0.3 is 0 Å². The lowest BCUT2D eigenvalue weighted by Crippen LogP contribution is -2.24. The second kappa shape index (κ2) is 3.37. The maximum Gasteiger partial charge on any atom is 0.221 e. The number of carbonyl (C=O) groups is 1. The fourth-order valence-electron chi connectivity index (χ4n) is 2.62. The van der Waals surface area contributed by atoms with Gasteiger partial charge in [-0.15, -0.1) is 0 Å². The molecule has 0 aromatic carbocycles. The minimum Gasteiger partial charge on any atom is -0.465 e. The summed E-state index contributed by atoms with van der Waals surface area (Å²) >= 11 is 0. The van der Waals surface area contributed by atoms with Gasteiger partial charge in [-0.25, -0.2) is 0 Å². The van der Waals surface area contributed by atoms with Crippen molar-refractivity contribution in [2.75, 3.05) is 0 Å². The van der Waals surface area contributed by atoms with E-state index in [4.69, 9.17) is 4.42 Å². The molecule has 1 aromatic rings. The van der Waals surface area contributed by atoms with Crippen molar-refractivity contribution in [1.82, 2.24) is 5.32 Å². The van der Waals surface area contributed by atoms with Crippen molar-refractivity contribution in [1.29, 1.82) is 0 Å². The van der Waals surface area contributed by atoms with Crippen LogP contribution in [0.15, 0.2) is 16.5 Å². The van der Waals surface area contributed by atoms with Crippen molar-refractivity contribution in [2.45, 2.75) is 44.6 Å². The molecule has 1 aliphatic heterocycles.